The van der Waals surface area contributed by atoms with Gasteiger partial charge in [-0.15, -0.1) is 74.6 Å². The third kappa shape index (κ3) is 13.1. The molecule has 0 nitrogen and oxygen atoms in total. The summed E-state index contributed by atoms with van der Waals surface area (Å²) < 4.78 is 0. The van der Waals surface area contributed by atoms with Crippen molar-refractivity contribution < 1.29 is 20.8 Å². The molecule has 0 saturated heterocycles. The first-order valence-electron chi connectivity index (χ1n) is 25.7. The summed E-state index contributed by atoms with van der Waals surface area (Å²) in [6.07, 6.45) is 2.17. The van der Waals surface area contributed by atoms with E-state index in [1.165, 1.54) is 110 Å². The molecule has 0 spiro atoms. The maximum Gasteiger partial charge on any atom is 0.0920 e. The maximum atomic E-state index is 4.93. The van der Waals surface area contributed by atoms with E-state index in [2.05, 4.69) is 238 Å². The summed E-state index contributed by atoms with van der Waals surface area (Å²) in [5.41, 5.74) is 20.1. The van der Waals surface area contributed by atoms with Gasteiger partial charge in [0, 0.05) is 0 Å². The van der Waals surface area contributed by atoms with Crippen molar-refractivity contribution in [3.63, 3.8) is 0 Å². The zero-order chi connectivity index (χ0) is 51.2. The first-order chi connectivity index (χ1) is 33.1. The minimum Gasteiger partial charge on any atom is -0.184 e. The van der Waals surface area contributed by atoms with Gasteiger partial charge in [0.05, 0.1) is 9.52 Å². The summed E-state index contributed by atoms with van der Waals surface area (Å²) >= 11 is -0.826. The van der Waals surface area contributed by atoms with Crippen LogP contribution in [0.5, 0.6) is 0 Å². The quantitative estimate of drug-likeness (QED) is 0.105. The molecule has 9 rings (SSSR count). The van der Waals surface area contributed by atoms with Crippen molar-refractivity contribution in [1.29, 1.82) is 0 Å². The van der Waals surface area contributed by atoms with Gasteiger partial charge in [-0.25, -0.2) is 0 Å². The molecule has 8 aromatic carbocycles. The van der Waals surface area contributed by atoms with Crippen molar-refractivity contribution in [3.05, 3.63) is 178 Å². The molecule has 1 aliphatic rings. The predicted molar refractivity (Wildman–Crippen MR) is 310 cm³/mol. The summed E-state index contributed by atoms with van der Waals surface area (Å²) in [5.74, 6) is 2.13. The van der Waals surface area contributed by atoms with E-state index < -0.39 is 20.8 Å². The topological polar surface area (TPSA) is 0 Å². The van der Waals surface area contributed by atoms with Gasteiger partial charge >= 0.3 is 37.9 Å². The van der Waals surface area contributed by atoms with Gasteiger partial charge in [0.2, 0.25) is 0 Å². The van der Waals surface area contributed by atoms with Crippen molar-refractivity contribution in [2.24, 2.45) is 0 Å². The Morgan fingerprint density at radius 2 is 0.900 bits per heavy atom. The van der Waals surface area contributed by atoms with Crippen LogP contribution >= 0.6 is 17.0 Å². The smallest absolute Gasteiger partial charge is 0.0920 e. The Balaban J connectivity index is 0.000000176. The summed E-state index contributed by atoms with van der Waals surface area (Å²) in [4.78, 5) is 0. The fourth-order valence-electron chi connectivity index (χ4n) is 9.67. The van der Waals surface area contributed by atoms with Gasteiger partial charge in [-0.3, -0.25) is 0 Å². The average molecular weight is 1060 g/mol. The summed E-state index contributed by atoms with van der Waals surface area (Å²) in [6.45, 7) is 36.9. The molecule has 0 saturated carbocycles. The van der Waals surface area contributed by atoms with Crippen molar-refractivity contribution in [2.75, 3.05) is 0 Å². The Morgan fingerprint density at radius 1 is 0.514 bits per heavy atom. The van der Waals surface area contributed by atoms with Crippen LogP contribution in [0.4, 0.5) is 0 Å². The third-order valence-corrected chi connectivity index (χ3v) is 15.2. The molecule has 0 atom stereocenters. The monoisotopic (exact) mass is 1060 g/mol. The van der Waals surface area contributed by atoms with Gasteiger partial charge in [-0.05, 0) is 80.7 Å². The average Bonchev–Trinajstić information content (AvgIpc) is 4.06. The predicted octanol–water partition coefficient (Wildman–Crippen LogP) is 19.2. The molecule has 366 valence electrons. The van der Waals surface area contributed by atoms with Gasteiger partial charge in [0.25, 0.3) is 0 Å². The van der Waals surface area contributed by atoms with E-state index in [0.717, 1.165) is 22.4 Å². The molecule has 2 radical (unpaired) electrons. The Kier molecular flexibility index (Phi) is 18.9. The van der Waals surface area contributed by atoms with Gasteiger partial charge in [0.15, 0.2) is 0 Å². The molecule has 8 aromatic rings. The normalized spacial score (nSPS) is 12.1. The van der Waals surface area contributed by atoms with Gasteiger partial charge in [-0.1, -0.05) is 204 Å². The van der Waals surface area contributed by atoms with E-state index in [0.29, 0.717) is 23.7 Å². The minimum absolute atomic E-state index is 0.110. The Bertz CT molecular complexity index is 2760. The standard InChI is InChI=1S/2C27H35.C12H7Si.2ClH.Zr/c2*1-9-19-12-20-10-11-25(27(6,7)8)26(24(20)13-19)23-15-21(17(2)3)14-22(16-23)18(4)5;1-3-7-11-9(5-1)10-6-2-4-8-12(10)13-11;;;/h2*10-18H,9H2,1-8H3;1-7H;2*1H;/q3*-1;;;+2/p-2. The second kappa shape index (κ2) is 23.8. The van der Waals surface area contributed by atoms with Crippen LogP contribution in [-0.2, 0) is 44.5 Å². The van der Waals surface area contributed by atoms with E-state index in [-0.39, 0.29) is 10.8 Å². The first-order valence-corrected chi connectivity index (χ1v) is 33.0. The van der Waals surface area contributed by atoms with Crippen LogP contribution in [0, 0.1) is 6.07 Å². The van der Waals surface area contributed by atoms with E-state index in [1.54, 1.807) is 0 Å². The van der Waals surface area contributed by atoms with Crippen LogP contribution < -0.4 is 10.4 Å². The molecule has 0 aliphatic carbocycles. The zero-order valence-corrected chi connectivity index (χ0v) is 50.1. The second-order valence-corrected chi connectivity index (χ2v) is 27.5. The second-order valence-electron chi connectivity index (χ2n) is 22.5. The number of hydrogen-bond acceptors (Lipinski definition) is 0. The van der Waals surface area contributed by atoms with Crippen molar-refractivity contribution in [2.45, 2.75) is 158 Å². The molecule has 0 aromatic heterocycles. The minimum atomic E-state index is -0.826. The van der Waals surface area contributed by atoms with Crippen LogP contribution in [-0.4, -0.2) is 9.52 Å². The summed E-state index contributed by atoms with van der Waals surface area (Å²) in [5, 5.41) is 8.39. The Morgan fingerprint density at radius 3 is 1.27 bits per heavy atom. The van der Waals surface area contributed by atoms with Crippen LogP contribution in [0.3, 0.4) is 0 Å². The molecule has 1 aliphatic heterocycles. The molecule has 0 bridgehead atoms. The van der Waals surface area contributed by atoms with Crippen LogP contribution in [0.25, 0.3) is 54.9 Å². The number of fused-ring (bicyclic) bond motifs is 5. The zero-order valence-electron chi connectivity index (χ0n) is 45.1. The number of halogens is 2. The number of benzene rings is 6. The van der Waals surface area contributed by atoms with E-state index >= 15 is 0 Å². The molecule has 0 amide bonds. The van der Waals surface area contributed by atoms with Crippen molar-refractivity contribution >= 4 is 58.5 Å². The SMILES string of the molecule is CCc1cc2c(-c3cc(C(C)C)cc(C(C)C)c3)c(C(C)(C)C)ccc2[cH-]1.CCc1cc2c(-c3cc(C(C)C)cc(C(C)C)c3)c(C(C)(C)C)ccc2[cH-]1.[Cl][Zr][Cl].[c-]1cccc2c1[Si]c1ccccc1-2. The molecule has 4 heteroatoms. The summed E-state index contributed by atoms with van der Waals surface area (Å²) in [6, 6.07) is 51.6. The van der Waals surface area contributed by atoms with Crippen molar-refractivity contribution in [3.8, 4) is 33.4 Å². The molecular weight excluding hydrogens is 983 g/mol. The Hall–Kier alpha value is -3.78. The van der Waals surface area contributed by atoms with Gasteiger partial charge < -0.3 is 0 Å². The molecule has 0 N–H and O–H groups in total. The number of rotatable bonds is 8. The number of hydrogen-bond donors (Lipinski definition) is 0. The van der Waals surface area contributed by atoms with Crippen LogP contribution in [0.2, 0.25) is 0 Å². The largest absolute Gasteiger partial charge is 0.184 e. The van der Waals surface area contributed by atoms with E-state index in [9.17, 15) is 0 Å². The van der Waals surface area contributed by atoms with Crippen LogP contribution in [0.1, 0.15) is 179 Å². The molecule has 0 unspecified atom stereocenters. The molecule has 1 heterocycles. The molecular formula is C66H77Cl2SiZr-3. The number of aryl methyl sites for hydroxylation is 2. The summed E-state index contributed by atoms with van der Waals surface area (Å²) in [7, 11) is 10.7. The molecule has 70 heavy (non-hydrogen) atoms. The van der Waals surface area contributed by atoms with Gasteiger partial charge in [-0.2, -0.15) is 41.6 Å². The fraction of sp³-hybridized carbons (Fsp3) is 0.364. The third-order valence-electron chi connectivity index (χ3n) is 13.9. The first kappa shape index (κ1) is 55.5. The maximum absolute atomic E-state index is 4.93. The molecule has 0 fully saturated rings. The van der Waals surface area contributed by atoms with E-state index in [4.69, 9.17) is 17.0 Å². The fourth-order valence-corrected chi connectivity index (χ4v) is 11.0. The van der Waals surface area contributed by atoms with Crippen LogP contribution in [0.15, 0.2) is 127 Å². The van der Waals surface area contributed by atoms with Gasteiger partial charge in [0.1, 0.15) is 0 Å². The van der Waals surface area contributed by atoms with Crippen molar-refractivity contribution in [1.82, 2.24) is 0 Å². The van der Waals surface area contributed by atoms with E-state index in [1.807, 2.05) is 6.07 Å². The Labute approximate surface area is 445 Å².